The van der Waals surface area contributed by atoms with Crippen LogP contribution >= 0.6 is 23.2 Å². The summed E-state index contributed by atoms with van der Waals surface area (Å²) in [5.41, 5.74) is 11.6. The second-order valence-electron chi connectivity index (χ2n) is 7.85. The number of amides is 2. The molecule has 10 heteroatoms. The molecule has 32 heavy (non-hydrogen) atoms. The van der Waals surface area contributed by atoms with Crippen LogP contribution in [0.5, 0.6) is 5.75 Å². The molecule has 1 atom stereocenters. The van der Waals surface area contributed by atoms with Crippen LogP contribution in [0.2, 0.25) is 10.0 Å². The second-order valence-corrected chi connectivity index (χ2v) is 8.66. The molecule has 0 radical (unpaired) electrons. The molecular weight excluding hydrogens is 455 g/mol. The first-order valence-electron chi connectivity index (χ1n) is 10.8. The molecular formula is C22H28Cl2N4O4. The molecule has 8 nitrogen and oxygen atoms in total. The van der Waals surface area contributed by atoms with Crippen LogP contribution in [0.4, 0.5) is 0 Å². The Morgan fingerprint density at radius 3 is 2.53 bits per heavy atom. The van der Waals surface area contributed by atoms with E-state index in [-0.39, 0.29) is 36.0 Å². The molecule has 1 fully saturated rings. The Labute approximate surface area is 196 Å². The second kappa shape index (κ2) is 10.6. The van der Waals surface area contributed by atoms with Crippen molar-refractivity contribution in [2.75, 3.05) is 13.2 Å². The van der Waals surface area contributed by atoms with Crippen molar-refractivity contribution >= 4 is 45.8 Å². The van der Waals surface area contributed by atoms with Crippen molar-refractivity contribution in [3.8, 4) is 5.75 Å². The average molecular weight is 483 g/mol. The van der Waals surface area contributed by atoms with Gasteiger partial charge in [-0.15, -0.1) is 0 Å². The number of aromatic nitrogens is 1. The lowest BCUT2D eigenvalue weighted by Gasteiger charge is -2.23. The smallest absolute Gasteiger partial charge is 0.258 e. The maximum Gasteiger partial charge on any atom is 0.258 e. The molecule has 0 bridgehead atoms. The molecule has 1 saturated heterocycles. The Hall–Kier alpha value is -2.29. The summed E-state index contributed by atoms with van der Waals surface area (Å²) in [5, 5.41) is 1.44. The molecule has 2 heterocycles. The normalized spacial score (nSPS) is 16.0. The van der Waals surface area contributed by atoms with E-state index in [1.54, 1.807) is 6.07 Å². The zero-order valence-electron chi connectivity index (χ0n) is 18.0. The molecule has 0 saturated carbocycles. The van der Waals surface area contributed by atoms with E-state index < -0.39 is 11.9 Å². The average Bonchev–Trinajstić information content (AvgIpc) is 3.26. The van der Waals surface area contributed by atoms with Crippen LogP contribution in [-0.4, -0.2) is 40.5 Å². The fourth-order valence-electron chi connectivity index (χ4n) is 4.09. The Kier molecular flexibility index (Phi) is 8.03. The van der Waals surface area contributed by atoms with Crippen LogP contribution in [-0.2, 0) is 22.7 Å². The first kappa shape index (κ1) is 24.4. The lowest BCUT2D eigenvalue weighted by atomic mass is 10.1. The van der Waals surface area contributed by atoms with E-state index in [2.05, 4.69) is 0 Å². The summed E-state index contributed by atoms with van der Waals surface area (Å²) in [6.45, 7) is 3.10. The molecule has 1 aromatic carbocycles. The number of carbonyl (C=O) groups is 2. The number of nitrogens with two attached hydrogens (primary N) is 2. The summed E-state index contributed by atoms with van der Waals surface area (Å²) in [7, 11) is 0. The lowest BCUT2D eigenvalue weighted by molar-refractivity contribution is -0.137. The van der Waals surface area contributed by atoms with E-state index in [4.69, 9.17) is 39.4 Å². The van der Waals surface area contributed by atoms with Gasteiger partial charge in [-0.3, -0.25) is 14.4 Å². The van der Waals surface area contributed by atoms with E-state index in [1.165, 1.54) is 15.5 Å². The number of unbranched alkanes of at least 4 members (excludes halogenated alkanes) is 1. The fourth-order valence-corrected chi connectivity index (χ4v) is 4.42. The van der Waals surface area contributed by atoms with Crippen LogP contribution in [0.25, 0.3) is 10.8 Å². The minimum Gasteiger partial charge on any atom is -0.491 e. The molecule has 174 valence electrons. The number of hydrogen-bond donors (Lipinski definition) is 2. The van der Waals surface area contributed by atoms with Gasteiger partial charge < -0.3 is 25.7 Å². The van der Waals surface area contributed by atoms with Crippen molar-refractivity contribution in [3.63, 3.8) is 0 Å². The fraction of sp³-hybridized carbons (Fsp3) is 0.500. The van der Waals surface area contributed by atoms with Gasteiger partial charge in [-0.05, 0) is 31.4 Å². The van der Waals surface area contributed by atoms with Gasteiger partial charge in [0.1, 0.15) is 11.8 Å². The Morgan fingerprint density at radius 1 is 1.22 bits per heavy atom. The van der Waals surface area contributed by atoms with Crippen LogP contribution < -0.4 is 21.8 Å². The predicted octanol–water partition coefficient (Wildman–Crippen LogP) is 2.81. The third-order valence-corrected chi connectivity index (χ3v) is 6.48. The highest BCUT2D eigenvalue weighted by Crippen LogP contribution is 2.34. The van der Waals surface area contributed by atoms with Crippen molar-refractivity contribution in [1.82, 2.24) is 9.47 Å². The standard InChI is InChI=1S/C22H28Cl2N4O4/c1-2-3-9-32-20-13-10-15(23)16(24)11-14(13)22(31)28(18(20)12-25)8-6-19(29)27-7-4-5-17(27)21(26)30/h10-11,17H,2-9,12,25H2,1H3,(H2,26,30)/t17-/m0/s1. The number of rotatable bonds is 9. The summed E-state index contributed by atoms with van der Waals surface area (Å²) in [6.07, 6.45) is 3.07. The topological polar surface area (TPSA) is 121 Å². The van der Waals surface area contributed by atoms with Crippen molar-refractivity contribution < 1.29 is 14.3 Å². The number of carbonyl (C=O) groups excluding carboxylic acids is 2. The minimum absolute atomic E-state index is 0.0257. The number of primary amides is 1. The van der Waals surface area contributed by atoms with Gasteiger partial charge in [0.2, 0.25) is 11.8 Å². The van der Waals surface area contributed by atoms with Gasteiger partial charge in [0.25, 0.3) is 5.56 Å². The molecule has 2 aromatic rings. The highest BCUT2D eigenvalue weighted by Gasteiger charge is 2.32. The Bertz CT molecular complexity index is 1090. The van der Waals surface area contributed by atoms with Gasteiger partial charge in [0, 0.05) is 31.4 Å². The third-order valence-electron chi connectivity index (χ3n) is 5.76. The summed E-state index contributed by atoms with van der Waals surface area (Å²) in [4.78, 5) is 39.2. The number of ether oxygens (including phenoxy) is 1. The molecule has 2 amide bonds. The zero-order chi connectivity index (χ0) is 23.4. The van der Waals surface area contributed by atoms with Gasteiger partial charge in [-0.1, -0.05) is 36.5 Å². The molecule has 1 aliphatic heterocycles. The summed E-state index contributed by atoms with van der Waals surface area (Å²) >= 11 is 12.4. The van der Waals surface area contributed by atoms with E-state index in [1.807, 2.05) is 6.92 Å². The molecule has 4 N–H and O–H groups in total. The predicted molar refractivity (Wildman–Crippen MR) is 125 cm³/mol. The monoisotopic (exact) mass is 482 g/mol. The van der Waals surface area contributed by atoms with Crippen molar-refractivity contribution in [2.24, 2.45) is 11.5 Å². The Morgan fingerprint density at radius 2 is 1.91 bits per heavy atom. The number of hydrogen-bond acceptors (Lipinski definition) is 5. The first-order chi connectivity index (χ1) is 15.3. The summed E-state index contributed by atoms with van der Waals surface area (Å²) in [5.74, 6) is -0.277. The third kappa shape index (κ3) is 4.87. The van der Waals surface area contributed by atoms with Crippen LogP contribution in [0, 0.1) is 0 Å². The van der Waals surface area contributed by atoms with E-state index >= 15 is 0 Å². The number of nitrogens with zero attached hydrogens (tertiary/aromatic N) is 2. The molecule has 0 aliphatic carbocycles. The minimum atomic E-state index is -0.598. The van der Waals surface area contributed by atoms with Crippen LogP contribution in [0.1, 0.15) is 44.7 Å². The van der Waals surface area contributed by atoms with Crippen LogP contribution in [0.15, 0.2) is 16.9 Å². The van der Waals surface area contributed by atoms with E-state index in [9.17, 15) is 14.4 Å². The summed E-state index contributed by atoms with van der Waals surface area (Å²) < 4.78 is 7.49. The maximum absolute atomic E-state index is 13.3. The Balaban J connectivity index is 2.00. The summed E-state index contributed by atoms with van der Waals surface area (Å²) in [6, 6.07) is 2.52. The van der Waals surface area contributed by atoms with Crippen LogP contribution in [0.3, 0.4) is 0 Å². The number of halogens is 2. The quantitative estimate of drug-likeness (QED) is 0.532. The first-order valence-corrected chi connectivity index (χ1v) is 11.5. The number of pyridine rings is 1. The highest BCUT2D eigenvalue weighted by atomic mass is 35.5. The van der Waals surface area contributed by atoms with Crippen molar-refractivity contribution in [1.29, 1.82) is 0 Å². The number of benzene rings is 1. The molecule has 3 rings (SSSR count). The van der Waals surface area contributed by atoms with Crippen molar-refractivity contribution in [2.45, 2.75) is 58.2 Å². The zero-order valence-corrected chi connectivity index (χ0v) is 19.5. The maximum atomic E-state index is 13.3. The van der Waals surface area contributed by atoms with Crippen molar-refractivity contribution in [3.05, 3.63) is 38.2 Å². The van der Waals surface area contributed by atoms with E-state index in [0.29, 0.717) is 46.8 Å². The van der Waals surface area contributed by atoms with E-state index in [0.717, 1.165) is 19.3 Å². The molecule has 0 unspecified atom stereocenters. The van der Waals surface area contributed by atoms with Gasteiger partial charge in [-0.25, -0.2) is 0 Å². The largest absolute Gasteiger partial charge is 0.491 e. The van der Waals surface area contributed by atoms with Gasteiger partial charge >= 0.3 is 0 Å². The van der Waals surface area contributed by atoms with Gasteiger partial charge in [0.05, 0.1) is 27.7 Å². The number of likely N-dealkylation sites (tertiary alicyclic amines) is 1. The molecule has 1 aromatic heterocycles. The van der Waals surface area contributed by atoms with Gasteiger partial charge in [0.15, 0.2) is 0 Å². The molecule has 1 aliphatic rings. The lowest BCUT2D eigenvalue weighted by Crippen LogP contribution is -2.44. The number of fused-ring (bicyclic) bond motifs is 1. The highest BCUT2D eigenvalue weighted by molar-refractivity contribution is 6.42. The SMILES string of the molecule is CCCCOc1c(CN)n(CCC(=O)N2CCC[C@H]2C(N)=O)c(=O)c2cc(Cl)c(Cl)cc12. The van der Waals surface area contributed by atoms with Gasteiger partial charge in [-0.2, -0.15) is 0 Å². The molecule has 0 spiro atoms.